The summed E-state index contributed by atoms with van der Waals surface area (Å²) in [5.74, 6) is 0.646. The zero-order chi connectivity index (χ0) is 15.2. The summed E-state index contributed by atoms with van der Waals surface area (Å²) in [5.41, 5.74) is 1.27. The molecule has 4 heteroatoms. The van der Waals surface area contributed by atoms with Gasteiger partial charge >= 0.3 is 0 Å². The van der Waals surface area contributed by atoms with Crippen LogP contribution in [0.1, 0.15) is 20.8 Å². The molecule has 1 saturated heterocycles. The first-order chi connectivity index (χ1) is 10.1. The molecule has 1 aliphatic rings. The third-order valence-corrected chi connectivity index (χ3v) is 4.05. The summed E-state index contributed by atoms with van der Waals surface area (Å²) in [7, 11) is 0. The minimum absolute atomic E-state index is 0.0401. The Labute approximate surface area is 128 Å². The van der Waals surface area contributed by atoms with E-state index in [0.717, 1.165) is 32.7 Å². The van der Waals surface area contributed by atoms with Gasteiger partial charge in [-0.15, -0.1) is 0 Å². The number of benzene rings is 1. The standard InChI is InChI=1S/C17H27N3O/c1-14(2)13-18-17(21)15(3)19-9-11-20(12-10-19)16-7-5-4-6-8-16/h4-8,14-15H,9-13H2,1-3H3,(H,18,21)/t15-/m0/s1. The molecule has 0 bridgehead atoms. The Morgan fingerprint density at radius 1 is 1.10 bits per heavy atom. The van der Waals surface area contributed by atoms with Gasteiger partial charge in [0.05, 0.1) is 6.04 Å². The van der Waals surface area contributed by atoms with Crippen LogP contribution in [0.25, 0.3) is 0 Å². The zero-order valence-corrected chi connectivity index (χ0v) is 13.4. The lowest BCUT2D eigenvalue weighted by molar-refractivity contribution is -0.126. The van der Waals surface area contributed by atoms with E-state index >= 15 is 0 Å². The van der Waals surface area contributed by atoms with Crippen molar-refractivity contribution in [2.45, 2.75) is 26.8 Å². The molecule has 0 radical (unpaired) electrons. The fraction of sp³-hybridized carbons (Fsp3) is 0.588. The maximum atomic E-state index is 12.1. The van der Waals surface area contributed by atoms with Gasteiger partial charge in [-0.1, -0.05) is 32.0 Å². The number of para-hydroxylation sites is 1. The van der Waals surface area contributed by atoms with Crippen LogP contribution >= 0.6 is 0 Å². The van der Waals surface area contributed by atoms with Gasteiger partial charge in [-0.05, 0) is 25.0 Å². The van der Waals surface area contributed by atoms with Gasteiger partial charge in [0.15, 0.2) is 0 Å². The SMILES string of the molecule is CC(C)CNC(=O)[C@H](C)N1CCN(c2ccccc2)CC1. The van der Waals surface area contributed by atoms with Crippen LogP contribution in [0.2, 0.25) is 0 Å². The Hall–Kier alpha value is -1.55. The van der Waals surface area contributed by atoms with Crippen molar-refractivity contribution in [2.24, 2.45) is 5.92 Å². The number of carbonyl (C=O) groups is 1. The number of nitrogens with zero attached hydrogens (tertiary/aromatic N) is 2. The summed E-state index contributed by atoms with van der Waals surface area (Å²) in [6.45, 7) is 10.8. The summed E-state index contributed by atoms with van der Waals surface area (Å²) >= 11 is 0. The van der Waals surface area contributed by atoms with Crippen LogP contribution in [0.15, 0.2) is 30.3 Å². The third-order valence-electron chi connectivity index (χ3n) is 4.05. The van der Waals surface area contributed by atoms with Gasteiger partial charge in [-0.25, -0.2) is 0 Å². The van der Waals surface area contributed by atoms with Gasteiger partial charge in [0.2, 0.25) is 5.91 Å². The van der Waals surface area contributed by atoms with Crippen LogP contribution in [0.4, 0.5) is 5.69 Å². The van der Waals surface area contributed by atoms with Crippen molar-refractivity contribution in [1.82, 2.24) is 10.2 Å². The molecule has 1 aromatic carbocycles. The summed E-state index contributed by atoms with van der Waals surface area (Å²) in [4.78, 5) is 16.8. The Morgan fingerprint density at radius 3 is 2.29 bits per heavy atom. The Bertz CT molecular complexity index is 439. The highest BCUT2D eigenvalue weighted by molar-refractivity contribution is 5.81. The molecule has 1 amide bonds. The van der Waals surface area contributed by atoms with Crippen molar-refractivity contribution in [3.63, 3.8) is 0 Å². The molecule has 116 valence electrons. The lowest BCUT2D eigenvalue weighted by atomic mass is 10.2. The van der Waals surface area contributed by atoms with Gasteiger partial charge < -0.3 is 10.2 Å². The van der Waals surface area contributed by atoms with E-state index < -0.39 is 0 Å². The number of hydrogen-bond donors (Lipinski definition) is 1. The lowest BCUT2D eigenvalue weighted by Crippen LogP contribution is -2.54. The lowest BCUT2D eigenvalue weighted by Gasteiger charge is -2.38. The summed E-state index contributed by atoms with van der Waals surface area (Å²) in [6.07, 6.45) is 0. The number of nitrogens with one attached hydrogen (secondary N) is 1. The largest absolute Gasteiger partial charge is 0.369 e. The van der Waals surface area contributed by atoms with Gasteiger partial charge in [0.25, 0.3) is 0 Å². The highest BCUT2D eigenvalue weighted by atomic mass is 16.2. The zero-order valence-electron chi connectivity index (χ0n) is 13.4. The number of carbonyl (C=O) groups excluding carboxylic acids is 1. The molecule has 1 N–H and O–H groups in total. The second-order valence-corrected chi connectivity index (χ2v) is 6.17. The summed E-state index contributed by atoms with van der Waals surface area (Å²) < 4.78 is 0. The van der Waals surface area contributed by atoms with Crippen molar-refractivity contribution in [2.75, 3.05) is 37.6 Å². The van der Waals surface area contributed by atoms with Crippen molar-refractivity contribution in [1.29, 1.82) is 0 Å². The Morgan fingerprint density at radius 2 is 1.71 bits per heavy atom. The van der Waals surface area contributed by atoms with E-state index in [2.05, 4.69) is 53.2 Å². The van der Waals surface area contributed by atoms with Crippen LogP contribution in [0, 0.1) is 5.92 Å². The molecule has 1 atom stereocenters. The van der Waals surface area contributed by atoms with Gasteiger partial charge in [-0.3, -0.25) is 9.69 Å². The van der Waals surface area contributed by atoms with E-state index in [9.17, 15) is 4.79 Å². The van der Waals surface area contributed by atoms with Crippen molar-refractivity contribution in [3.8, 4) is 0 Å². The van der Waals surface area contributed by atoms with Crippen LogP contribution in [0.3, 0.4) is 0 Å². The molecule has 0 aliphatic carbocycles. The molecule has 0 saturated carbocycles. The number of anilines is 1. The fourth-order valence-electron chi connectivity index (χ4n) is 2.62. The van der Waals surface area contributed by atoms with Crippen LogP contribution < -0.4 is 10.2 Å². The third kappa shape index (κ3) is 4.46. The smallest absolute Gasteiger partial charge is 0.237 e. The normalized spacial score (nSPS) is 17.8. The monoisotopic (exact) mass is 289 g/mol. The number of piperazine rings is 1. The summed E-state index contributed by atoms with van der Waals surface area (Å²) in [5, 5.41) is 3.03. The van der Waals surface area contributed by atoms with Crippen molar-refractivity contribution < 1.29 is 4.79 Å². The highest BCUT2D eigenvalue weighted by Gasteiger charge is 2.25. The molecule has 0 aromatic heterocycles. The molecular weight excluding hydrogens is 262 g/mol. The van der Waals surface area contributed by atoms with Gasteiger partial charge in [0, 0.05) is 38.4 Å². The van der Waals surface area contributed by atoms with Crippen LogP contribution in [-0.2, 0) is 4.79 Å². The van der Waals surface area contributed by atoms with Crippen LogP contribution in [0.5, 0.6) is 0 Å². The second kappa shape index (κ2) is 7.46. The predicted octanol–water partition coefficient (Wildman–Crippen LogP) is 1.97. The van der Waals surface area contributed by atoms with Crippen molar-refractivity contribution in [3.05, 3.63) is 30.3 Å². The van der Waals surface area contributed by atoms with Crippen molar-refractivity contribution >= 4 is 11.6 Å². The van der Waals surface area contributed by atoms with Crippen LogP contribution in [-0.4, -0.2) is 49.6 Å². The predicted molar refractivity (Wildman–Crippen MR) is 87.5 cm³/mol. The second-order valence-electron chi connectivity index (χ2n) is 6.17. The summed E-state index contributed by atoms with van der Waals surface area (Å²) in [6, 6.07) is 10.4. The van der Waals surface area contributed by atoms with Gasteiger partial charge in [0.1, 0.15) is 0 Å². The first-order valence-electron chi connectivity index (χ1n) is 7.89. The Balaban J connectivity index is 1.82. The molecule has 1 heterocycles. The van der Waals surface area contributed by atoms with E-state index in [-0.39, 0.29) is 11.9 Å². The first-order valence-corrected chi connectivity index (χ1v) is 7.89. The van der Waals surface area contributed by atoms with E-state index in [0.29, 0.717) is 5.92 Å². The quantitative estimate of drug-likeness (QED) is 0.900. The molecule has 0 spiro atoms. The van der Waals surface area contributed by atoms with E-state index in [4.69, 9.17) is 0 Å². The molecule has 1 aliphatic heterocycles. The minimum atomic E-state index is -0.0401. The maximum Gasteiger partial charge on any atom is 0.237 e. The van der Waals surface area contributed by atoms with E-state index in [1.807, 2.05) is 13.0 Å². The van der Waals surface area contributed by atoms with Gasteiger partial charge in [-0.2, -0.15) is 0 Å². The minimum Gasteiger partial charge on any atom is -0.369 e. The average molecular weight is 289 g/mol. The first kappa shape index (κ1) is 15.8. The number of rotatable bonds is 5. The van der Waals surface area contributed by atoms with E-state index in [1.165, 1.54) is 5.69 Å². The number of amides is 1. The number of hydrogen-bond acceptors (Lipinski definition) is 3. The maximum absolute atomic E-state index is 12.1. The average Bonchev–Trinajstić information content (AvgIpc) is 2.53. The molecule has 2 rings (SSSR count). The molecule has 1 aromatic rings. The molecule has 21 heavy (non-hydrogen) atoms. The highest BCUT2D eigenvalue weighted by Crippen LogP contribution is 2.16. The molecule has 1 fully saturated rings. The molecule has 0 unspecified atom stereocenters. The molecule has 4 nitrogen and oxygen atoms in total. The molecular formula is C17H27N3O. The van der Waals surface area contributed by atoms with E-state index in [1.54, 1.807) is 0 Å². The topological polar surface area (TPSA) is 35.6 Å². The fourth-order valence-corrected chi connectivity index (χ4v) is 2.62. The Kier molecular flexibility index (Phi) is 5.62.